The fourth-order valence-electron chi connectivity index (χ4n) is 1.82. The largest absolute Gasteiger partial charge is 0.484 e. The predicted octanol–water partition coefficient (Wildman–Crippen LogP) is 2.84. The lowest BCUT2D eigenvalue weighted by Gasteiger charge is -2.08. The molecule has 0 aliphatic carbocycles. The van der Waals surface area contributed by atoms with E-state index in [-0.39, 0.29) is 25.3 Å². The Labute approximate surface area is 125 Å². The van der Waals surface area contributed by atoms with Crippen molar-refractivity contribution in [3.8, 4) is 5.75 Å². The van der Waals surface area contributed by atoms with Crippen LogP contribution in [0, 0.1) is 17.5 Å². The van der Waals surface area contributed by atoms with E-state index in [0.717, 1.165) is 12.1 Å². The van der Waals surface area contributed by atoms with Gasteiger partial charge in [-0.15, -0.1) is 0 Å². The second kappa shape index (κ2) is 7.49. The lowest BCUT2D eigenvalue weighted by molar-refractivity contribution is -0.123. The molecule has 0 saturated carbocycles. The van der Waals surface area contributed by atoms with E-state index in [9.17, 15) is 18.0 Å². The highest BCUT2D eigenvalue weighted by atomic mass is 19.1. The Hall–Kier alpha value is -2.50. The second-order valence-electron chi connectivity index (χ2n) is 4.58. The number of rotatable bonds is 6. The van der Waals surface area contributed by atoms with Crippen LogP contribution in [-0.2, 0) is 11.2 Å². The summed E-state index contributed by atoms with van der Waals surface area (Å²) in [6.07, 6.45) is 0.234. The zero-order valence-corrected chi connectivity index (χ0v) is 11.6. The van der Waals surface area contributed by atoms with Gasteiger partial charge in [0.25, 0.3) is 5.91 Å². The van der Waals surface area contributed by atoms with Gasteiger partial charge in [0, 0.05) is 18.7 Å². The molecule has 1 N–H and O–H groups in total. The molecular formula is C16H14F3NO2. The zero-order chi connectivity index (χ0) is 15.9. The van der Waals surface area contributed by atoms with Crippen molar-refractivity contribution in [1.29, 1.82) is 0 Å². The van der Waals surface area contributed by atoms with E-state index in [4.69, 9.17) is 4.74 Å². The highest BCUT2D eigenvalue weighted by Crippen LogP contribution is 2.12. The molecule has 0 unspecified atom stereocenters. The highest BCUT2D eigenvalue weighted by Gasteiger charge is 2.06. The first-order valence-corrected chi connectivity index (χ1v) is 6.63. The summed E-state index contributed by atoms with van der Waals surface area (Å²) in [5.41, 5.74) is 0.313. The number of hydrogen-bond donors (Lipinski definition) is 1. The first-order valence-electron chi connectivity index (χ1n) is 6.63. The number of nitrogens with one attached hydrogen (secondary N) is 1. The van der Waals surface area contributed by atoms with Crippen molar-refractivity contribution in [3.63, 3.8) is 0 Å². The number of carbonyl (C=O) groups excluding carboxylic acids is 1. The summed E-state index contributed by atoms with van der Waals surface area (Å²) < 4.78 is 44.1. The molecule has 0 bridgehead atoms. The van der Waals surface area contributed by atoms with Gasteiger partial charge in [0.1, 0.15) is 23.2 Å². The maximum atomic E-state index is 13.4. The molecule has 0 aliphatic rings. The average molecular weight is 309 g/mol. The van der Waals surface area contributed by atoms with E-state index < -0.39 is 23.4 Å². The van der Waals surface area contributed by atoms with Gasteiger partial charge in [0.05, 0.1) is 0 Å². The van der Waals surface area contributed by atoms with E-state index in [1.807, 2.05) is 0 Å². The smallest absolute Gasteiger partial charge is 0.257 e. The Bertz CT molecular complexity index is 662. The molecule has 116 valence electrons. The molecule has 0 saturated heterocycles. The van der Waals surface area contributed by atoms with E-state index in [1.54, 1.807) is 0 Å². The minimum absolute atomic E-state index is 0.188. The van der Waals surface area contributed by atoms with E-state index in [2.05, 4.69) is 5.32 Å². The Kier molecular flexibility index (Phi) is 5.41. The normalized spacial score (nSPS) is 10.3. The predicted molar refractivity (Wildman–Crippen MR) is 75.0 cm³/mol. The first-order chi connectivity index (χ1) is 10.5. The molecule has 0 spiro atoms. The van der Waals surface area contributed by atoms with Crippen molar-refractivity contribution in [3.05, 3.63) is 65.5 Å². The molecule has 2 aromatic carbocycles. The van der Waals surface area contributed by atoms with Crippen LogP contribution in [-0.4, -0.2) is 19.1 Å². The third-order valence-electron chi connectivity index (χ3n) is 2.90. The third kappa shape index (κ3) is 4.80. The van der Waals surface area contributed by atoms with Gasteiger partial charge in [0.2, 0.25) is 0 Å². The van der Waals surface area contributed by atoms with Crippen molar-refractivity contribution in [1.82, 2.24) is 5.32 Å². The van der Waals surface area contributed by atoms with Crippen molar-refractivity contribution < 1.29 is 22.7 Å². The fourth-order valence-corrected chi connectivity index (χ4v) is 1.82. The topological polar surface area (TPSA) is 38.3 Å². The van der Waals surface area contributed by atoms with Crippen LogP contribution >= 0.6 is 0 Å². The lowest BCUT2D eigenvalue weighted by atomic mass is 10.1. The van der Waals surface area contributed by atoms with E-state index in [0.29, 0.717) is 5.56 Å². The number of hydrogen-bond acceptors (Lipinski definition) is 2. The highest BCUT2D eigenvalue weighted by molar-refractivity contribution is 5.77. The van der Waals surface area contributed by atoms with E-state index in [1.165, 1.54) is 30.3 Å². The second-order valence-corrected chi connectivity index (χ2v) is 4.58. The summed E-state index contributed by atoms with van der Waals surface area (Å²) in [5, 5.41) is 2.54. The molecule has 0 aliphatic heterocycles. The first kappa shape index (κ1) is 15.9. The van der Waals surface area contributed by atoms with Crippen molar-refractivity contribution in [2.45, 2.75) is 6.42 Å². The molecule has 2 aromatic rings. The van der Waals surface area contributed by atoms with Gasteiger partial charge in [-0.1, -0.05) is 12.1 Å². The molecule has 0 fully saturated rings. The molecule has 6 heteroatoms. The Morgan fingerprint density at radius 3 is 2.55 bits per heavy atom. The SMILES string of the molecule is O=C(COc1cccc(F)c1)NCCc1ccc(F)cc1F. The number of halogens is 3. The molecule has 0 aromatic heterocycles. The standard InChI is InChI=1S/C16H14F3NO2/c17-12-2-1-3-14(8-12)22-10-16(21)20-7-6-11-4-5-13(18)9-15(11)19/h1-5,8-9H,6-7,10H2,(H,20,21). The van der Waals surface area contributed by atoms with Gasteiger partial charge in [0.15, 0.2) is 6.61 Å². The summed E-state index contributed by atoms with van der Waals surface area (Å²) in [4.78, 5) is 11.5. The molecule has 2 rings (SSSR count). The Balaban J connectivity index is 1.74. The lowest BCUT2D eigenvalue weighted by Crippen LogP contribution is -2.30. The summed E-state index contributed by atoms with van der Waals surface area (Å²) >= 11 is 0. The van der Waals surface area contributed by atoms with Crippen LogP contribution in [0.4, 0.5) is 13.2 Å². The Morgan fingerprint density at radius 2 is 1.82 bits per heavy atom. The van der Waals surface area contributed by atoms with Crippen LogP contribution in [0.15, 0.2) is 42.5 Å². The molecule has 0 atom stereocenters. The number of carbonyl (C=O) groups is 1. The van der Waals surface area contributed by atoms with Crippen LogP contribution in [0.2, 0.25) is 0 Å². The number of amides is 1. The third-order valence-corrected chi connectivity index (χ3v) is 2.90. The van der Waals surface area contributed by atoms with Crippen molar-refractivity contribution >= 4 is 5.91 Å². The average Bonchev–Trinajstić information content (AvgIpc) is 2.47. The van der Waals surface area contributed by atoms with Crippen molar-refractivity contribution in [2.75, 3.05) is 13.2 Å². The van der Waals surface area contributed by atoms with Crippen LogP contribution < -0.4 is 10.1 Å². The van der Waals surface area contributed by atoms with Gasteiger partial charge in [-0.25, -0.2) is 13.2 Å². The van der Waals surface area contributed by atoms with Gasteiger partial charge < -0.3 is 10.1 Å². The summed E-state index contributed by atoms with van der Waals surface area (Å²) in [6.45, 7) is -0.0801. The number of benzene rings is 2. The van der Waals surface area contributed by atoms with Gasteiger partial charge in [-0.3, -0.25) is 4.79 Å². The molecule has 1 amide bonds. The quantitative estimate of drug-likeness (QED) is 0.891. The van der Waals surface area contributed by atoms with Gasteiger partial charge in [-0.2, -0.15) is 0 Å². The Morgan fingerprint density at radius 1 is 1.05 bits per heavy atom. The molecular weight excluding hydrogens is 295 g/mol. The monoisotopic (exact) mass is 309 g/mol. The fraction of sp³-hybridized carbons (Fsp3) is 0.188. The van der Waals surface area contributed by atoms with Crippen LogP contribution in [0.5, 0.6) is 5.75 Å². The summed E-state index contributed by atoms with van der Waals surface area (Å²) in [5.74, 6) is -1.91. The minimum Gasteiger partial charge on any atom is -0.484 e. The zero-order valence-electron chi connectivity index (χ0n) is 11.6. The summed E-state index contributed by atoms with van der Waals surface area (Å²) in [6, 6.07) is 8.73. The van der Waals surface area contributed by atoms with Crippen LogP contribution in [0.25, 0.3) is 0 Å². The molecule has 22 heavy (non-hydrogen) atoms. The molecule has 0 heterocycles. The van der Waals surface area contributed by atoms with Gasteiger partial charge >= 0.3 is 0 Å². The maximum absolute atomic E-state index is 13.4. The van der Waals surface area contributed by atoms with Crippen LogP contribution in [0.1, 0.15) is 5.56 Å². The summed E-state index contributed by atoms with van der Waals surface area (Å²) in [7, 11) is 0. The van der Waals surface area contributed by atoms with Crippen LogP contribution in [0.3, 0.4) is 0 Å². The van der Waals surface area contributed by atoms with Crippen molar-refractivity contribution in [2.24, 2.45) is 0 Å². The molecule has 0 radical (unpaired) electrons. The number of ether oxygens (including phenoxy) is 1. The minimum atomic E-state index is -0.648. The molecule has 3 nitrogen and oxygen atoms in total. The van der Waals surface area contributed by atoms with Gasteiger partial charge in [-0.05, 0) is 30.2 Å². The maximum Gasteiger partial charge on any atom is 0.257 e. The van der Waals surface area contributed by atoms with E-state index >= 15 is 0 Å².